The SMILES string of the molecule is O=[N+]([O-])c1ccccc1Nc1ncc(C(F)(F)F)c(OCc2ccccc2)n1. The van der Waals surface area contributed by atoms with Crippen molar-refractivity contribution in [2.75, 3.05) is 5.32 Å². The molecule has 0 saturated carbocycles. The average Bonchev–Trinajstić information content (AvgIpc) is 2.66. The van der Waals surface area contributed by atoms with Crippen LogP contribution in [0.25, 0.3) is 0 Å². The zero-order valence-corrected chi connectivity index (χ0v) is 14.2. The molecule has 0 amide bonds. The third-order valence-electron chi connectivity index (χ3n) is 3.62. The van der Waals surface area contributed by atoms with Crippen LogP contribution in [0, 0.1) is 10.1 Å². The van der Waals surface area contributed by atoms with Crippen molar-refractivity contribution < 1.29 is 22.8 Å². The number of hydrogen-bond acceptors (Lipinski definition) is 6. The molecule has 0 saturated heterocycles. The fourth-order valence-corrected chi connectivity index (χ4v) is 2.32. The molecule has 0 aliphatic carbocycles. The second-order valence-electron chi connectivity index (χ2n) is 5.58. The maximum Gasteiger partial charge on any atom is 0.423 e. The fraction of sp³-hybridized carbons (Fsp3) is 0.111. The van der Waals surface area contributed by atoms with E-state index in [1.54, 1.807) is 30.3 Å². The number of hydrogen-bond donors (Lipinski definition) is 1. The van der Waals surface area contributed by atoms with E-state index in [0.29, 0.717) is 11.8 Å². The van der Waals surface area contributed by atoms with Gasteiger partial charge in [0.05, 0.1) is 4.92 Å². The molecular formula is C18H13F3N4O3. The van der Waals surface area contributed by atoms with Gasteiger partial charge in [0, 0.05) is 12.3 Å². The van der Waals surface area contributed by atoms with Crippen molar-refractivity contribution in [2.45, 2.75) is 12.8 Å². The summed E-state index contributed by atoms with van der Waals surface area (Å²) in [6.45, 7) is -0.133. The minimum absolute atomic E-state index is 0.0428. The summed E-state index contributed by atoms with van der Waals surface area (Å²) in [7, 11) is 0. The highest BCUT2D eigenvalue weighted by atomic mass is 19.4. The maximum atomic E-state index is 13.2. The number of para-hydroxylation sites is 2. The summed E-state index contributed by atoms with van der Waals surface area (Å²) in [5.74, 6) is -0.933. The largest absolute Gasteiger partial charge is 0.472 e. The molecule has 0 bridgehead atoms. The van der Waals surface area contributed by atoms with Crippen molar-refractivity contribution in [1.29, 1.82) is 0 Å². The van der Waals surface area contributed by atoms with Crippen LogP contribution in [0.15, 0.2) is 60.8 Å². The number of nitrogens with one attached hydrogen (secondary N) is 1. The van der Waals surface area contributed by atoms with Gasteiger partial charge in [-0.05, 0) is 11.6 Å². The Hall–Kier alpha value is -3.69. The Balaban J connectivity index is 1.90. The van der Waals surface area contributed by atoms with Crippen LogP contribution in [0.4, 0.5) is 30.5 Å². The van der Waals surface area contributed by atoms with Crippen LogP contribution >= 0.6 is 0 Å². The molecule has 0 spiro atoms. The van der Waals surface area contributed by atoms with Gasteiger partial charge in [-0.3, -0.25) is 10.1 Å². The third-order valence-corrected chi connectivity index (χ3v) is 3.62. The highest BCUT2D eigenvalue weighted by molar-refractivity contribution is 5.66. The van der Waals surface area contributed by atoms with Crippen molar-refractivity contribution in [1.82, 2.24) is 9.97 Å². The Morgan fingerprint density at radius 1 is 1.07 bits per heavy atom. The van der Waals surface area contributed by atoms with E-state index in [9.17, 15) is 23.3 Å². The molecule has 0 fully saturated rings. The second kappa shape index (κ2) is 7.91. The molecule has 3 rings (SSSR count). The van der Waals surface area contributed by atoms with Crippen LogP contribution in [0.1, 0.15) is 11.1 Å². The average molecular weight is 390 g/mol. The van der Waals surface area contributed by atoms with E-state index in [2.05, 4.69) is 15.3 Å². The Morgan fingerprint density at radius 2 is 1.75 bits per heavy atom. The van der Waals surface area contributed by atoms with Crippen LogP contribution < -0.4 is 10.1 Å². The summed E-state index contributed by atoms with van der Waals surface area (Å²) < 4.78 is 45.0. The van der Waals surface area contributed by atoms with E-state index in [4.69, 9.17) is 4.74 Å². The Morgan fingerprint density at radius 3 is 2.43 bits per heavy atom. The standard InChI is InChI=1S/C18H13F3N4O3/c19-18(20,21)13-10-22-17(23-14-8-4-5-9-15(14)25(26)27)24-16(13)28-11-12-6-2-1-3-7-12/h1-10H,11H2,(H,22,23,24). The summed E-state index contributed by atoms with van der Waals surface area (Å²) in [6, 6.07) is 14.3. The molecule has 2 aromatic carbocycles. The molecule has 3 aromatic rings. The van der Waals surface area contributed by atoms with E-state index in [-0.39, 0.29) is 23.9 Å². The summed E-state index contributed by atoms with van der Waals surface area (Å²) in [5, 5.41) is 13.6. The Kier molecular flexibility index (Phi) is 5.39. The van der Waals surface area contributed by atoms with E-state index >= 15 is 0 Å². The number of benzene rings is 2. The van der Waals surface area contributed by atoms with Crippen molar-refractivity contribution in [2.24, 2.45) is 0 Å². The zero-order chi connectivity index (χ0) is 20.1. The molecule has 28 heavy (non-hydrogen) atoms. The maximum absolute atomic E-state index is 13.2. The molecule has 7 nitrogen and oxygen atoms in total. The molecule has 1 aromatic heterocycles. The predicted octanol–water partition coefficient (Wildman–Crippen LogP) is 4.73. The summed E-state index contributed by atoms with van der Waals surface area (Å²) in [6.07, 6.45) is -4.15. The van der Waals surface area contributed by atoms with E-state index < -0.39 is 22.5 Å². The number of anilines is 2. The third kappa shape index (κ3) is 4.53. The summed E-state index contributed by atoms with van der Waals surface area (Å²) >= 11 is 0. The minimum Gasteiger partial charge on any atom is -0.472 e. The number of ether oxygens (including phenoxy) is 1. The number of rotatable bonds is 6. The molecule has 10 heteroatoms. The monoisotopic (exact) mass is 390 g/mol. The number of nitro groups is 1. The van der Waals surface area contributed by atoms with Gasteiger partial charge < -0.3 is 10.1 Å². The first kappa shape index (κ1) is 19.1. The molecule has 1 N–H and O–H groups in total. The fourth-order valence-electron chi connectivity index (χ4n) is 2.32. The normalized spacial score (nSPS) is 11.1. The van der Waals surface area contributed by atoms with Gasteiger partial charge in [0.1, 0.15) is 17.9 Å². The van der Waals surface area contributed by atoms with Gasteiger partial charge in [-0.15, -0.1) is 0 Å². The molecule has 0 unspecified atom stereocenters. The van der Waals surface area contributed by atoms with E-state index in [1.807, 2.05) is 0 Å². The molecule has 144 valence electrons. The number of nitrogens with zero attached hydrogens (tertiary/aromatic N) is 3. The lowest BCUT2D eigenvalue weighted by atomic mass is 10.2. The first-order chi connectivity index (χ1) is 13.3. The quantitative estimate of drug-likeness (QED) is 0.484. The molecule has 0 atom stereocenters. The predicted molar refractivity (Wildman–Crippen MR) is 94.2 cm³/mol. The Bertz CT molecular complexity index is 981. The van der Waals surface area contributed by atoms with Crippen LogP contribution in [-0.2, 0) is 12.8 Å². The van der Waals surface area contributed by atoms with Crippen molar-refractivity contribution >= 4 is 17.3 Å². The molecule has 0 aliphatic rings. The van der Waals surface area contributed by atoms with Gasteiger partial charge in [0.15, 0.2) is 0 Å². The van der Waals surface area contributed by atoms with Gasteiger partial charge in [-0.2, -0.15) is 18.2 Å². The topological polar surface area (TPSA) is 90.2 Å². The van der Waals surface area contributed by atoms with Gasteiger partial charge in [0.25, 0.3) is 5.69 Å². The molecule has 1 heterocycles. The van der Waals surface area contributed by atoms with Crippen molar-refractivity contribution in [3.8, 4) is 5.88 Å². The van der Waals surface area contributed by atoms with Crippen LogP contribution in [0.5, 0.6) is 5.88 Å². The number of aromatic nitrogens is 2. The highest BCUT2D eigenvalue weighted by Gasteiger charge is 2.36. The lowest BCUT2D eigenvalue weighted by Gasteiger charge is -2.14. The molecule has 0 aliphatic heterocycles. The van der Waals surface area contributed by atoms with Gasteiger partial charge in [-0.1, -0.05) is 42.5 Å². The number of alkyl halides is 3. The number of halogens is 3. The summed E-state index contributed by atoms with van der Waals surface area (Å²) in [5.41, 5.74) is -0.710. The smallest absolute Gasteiger partial charge is 0.423 e. The van der Waals surface area contributed by atoms with E-state index in [1.165, 1.54) is 24.3 Å². The Labute approximate surface area is 157 Å². The van der Waals surface area contributed by atoms with Gasteiger partial charge in [-0.25, -0.2) is 4.98 Å². The number of nitro benzene ring substituents is 1. The van der Waals surface area contributed by atoms with Crippen molar-refractivity contribution in [3.63, 3.8) is 0 Å². The molecule has 0 radical (unpaired) electrons. The lowest BCUT2D eigenvalue weighted by Crippen LogP contribution is -2.12. The summed E-state index contributed by atoms with van der Waals surface area (Å²) in [4.78, 5) is 17.8. The second-order valence-corrected chi connectivity index (χ2v) is 5.58. The van der Waals surface area contributed by atoms with Crippen LogP contribution in [0.2, 0.25) is 0 Å². The lowest BCUT2D eigenvalue weighted by molar-refractivity contribution is -0.383. The first-order valence-corrected chi connectivity index (χ1v) is 7.96. The minimum atomic E-state index is -4.72. The van der Waals surface area contributed by atoms with E-state index in [0.717, 1.165) is 0 Å². The van der Waals surface area contributed by atoms with Crippen LogP contribution in [0.3, 0.4) is 0 Å². The first-order valence-electron chi connectivity index (χ1n) is 7.96. The molecular weight excluding hydrogens is 377 g/mol. The highest BCUT2D eigenvalue weighted by Crippen LogP contribution is 2.36. The zero-order valence-electron chi connectivity index (χ0n) is 14.2. The van der Waals surface area contributed by atoms with Gasteiger partial charge >= 0.3 is 6.18 Å². The van der Waals surface area contributed by atoms with Gasteiger partial charge in [0.2, 0.25) is 11.8 Å². The van der Waals surface area contributed by atoms with Crippen molar-refractivity contribution in [3.05, 3.63) is 82.0 Å². The van der Waals surface area contributed by atoms with Crippen LogP contribution in [-0.4, -0.2) is 14.9 Å².